The summed E-state index contributed by atoms with van der Waals surface area (Å²) in [7, 11) is -2.07. The molecule has 19 heavy (non-hydrogen) atoms. The molecule has 4 nitrogen and oxygen atoms in total. The Morgan fingerprint density at radius 3 is 2.05 bits per heavy atom. The van der Waals surface area contributed by atoms with Gasteiger partial charge in [0.25, 0.3) is 0 Å². The van der Waals surface area contributed by atoms with Gasteiger partial charge >= 0.3 is 5.97 Å². The van der Waals surface area contributed by atoms with Gasteiger partial charge in [-0.2, -0.15) is 0 Å². The molecule has 1 N–H and O–H groups in total. The van der Waals surface area contributed by atoms with Crippen LogP contribution >= 0.6 is 0 Å². The zero-order valence-electron chi connectivity index (χ0n) is 12.9. The van der Waals surface area contributed by atoms with Crippen LogP contribution in [0.5, 0.6) is 0 Å². The summed E-state index contributed by atoms with van der Waals surface area (Å²) in [5.41, 5.74) is -0.534. The summed E-state index contributed by atoms with van der Waals surface area (Å²) in [5.74, 6) is -0.825. The van der Waals surface area contributed by atoms with Crippen molar-refractivity contribution in [3.05, 3.63) is 0 Å². The van der Waals surface area contributed by atoms with Crippen molar-refractivity contribution in [2.24, 2.45) is 5.41 Å². The van der Waals surface area contributed by atoms with Crippen LogP contribution in [0.25, 0.3) is 0 Å². The number of ketones is 1. The number of rotatable bonds is 6. The number of carbonyl (C=O) groups is 2. The molecule has 0 heterocycles. The van der Waals surface area contributed by atoms with Crippen molar-refractivity contribution in [3.63, 3.8) is 0 Å². The normalized spacial score (nSPS) is 19.9. The number of aliphatic carboxylic acids is 1. The quantitative estimate of drug-likeness (QED) is 0.761. The van der Waals surface area contributed by atoms with E-state index in [2.05, 4.69) is 33.9 Å². The summed E-state index contributed by atoms with van der Waals surface area (Å²) in [5, 5.41) is 9.09. The molecule has 1 saturated carbocycles. The van der Waals surface area contributed by atoms with Gasteiger partial charge in [-0.05, 0) is 37.9 Å². The third kappa shape index (κ3) is 3.45. The van der Waals surface area contributed by atoms with Crippen LogP contribution in [-0.2, 0) is 14.0 Å². The van der Waals surface area contributed by atoms with Crippen molar-refractivity contribution in [1.82, 2.24) is 0 Å². The molecule has 1 atom stereocenters. The molecule has 5 heteroatoms. The fourth-order valence-electron chi connectivity index (χ4n) is 2.08. The standard InChI is InChI=1S/C14H26O4Si/c1-10(15)14(7-8-14)11(9-12(16)17)18-19(5,6)13(2,3)4/h11H,7-9H2,1-6H3,(H,16,17)/t11-/m0/s1. The second-order valence-electron chi connectivity index (χ2n) is 7.18. The molecule has 0 unspecified atom stereocenters. The van der Waals surface area contributed by atoms with Crippen molar-refractivity contribution in [1.29, 1.82) is 0 Å². The Kier molecular flexibility index (Phi) is 4.32. The SMILES string of the molecule is CC(=O)C1([C@H](CC(=O)O)O[Si](C)(C)C(C)(C)C)CC1. The van der Waals surface area contributed by atoms with E-state index in [4.69, 9.17) is 9.53 Å². The minimum atomic E-state index is -2.07. The first kappa shape index (κ1) is 16.4. The Morgan fingerprint density at radius 1 is 1.32 bits per heavy atom. The van der Waals surface area contributed by atoms with Gasteiger partial charge in [-0.3, -0.25) is 9.59 Å². The highest BCUT2D eigenvalue weighted by molar-refractivity contribution is 6.74. The van der Waals surface area contributed by atoms with Crippen molar-refractivity contribution >= 4 is 20.1 Å². The van der Waals surface area contributed by atoms with Crippen LogP contribution in [0.4, 0.5) is 0 Å². The number of hydrogen-bond acceptors (Lipinski definition) is 3. The Morgan fingerprint density at radius 2 is 1.79 bits per heavy atom. The summed E-state index contributed by atoms with van der Waals surface area (Å²) in [6.45, 7) is 12.1. The molecule has 0 aromatic carbocycles. The minimum absolute atomic E-state index is 0.0105. The Labute approximate surface area is 116 Å². The van der Waals surface area contributed by atoms with E-state index in [1.54, 1.807) is 6.92 Å². The van der Waals surface area contributed by atoms with E-state index >= 15 is 0 Å². The molecule has 0 bridgehead atoms. The molecule has 0 saturated heterocycles. The van der Waals surface area contributed by atoms with Gasteiger partial charge in [0.05, 0.1) is 17.9 Å². The second-order valence-corrected chi connectivity index (χ2v) is 11.9. The number of carbonyl (C=O) groups excluding carboxylic acids is 1. The highest BCUT2D eigenvalue weighted by Gasteiger charge is 2.56. The van der Waals surface area contributed by atoms with E-state index in [1.807, 2.05) is 0 Å². The molecule has 0 amide bonds. The van der Waals surface area contributed by atoms with Crippen molar-refractivity contribution in [2.45, 2.75) is 71.2 Å². The predicted molar refractivity (Wildman–Crippen MR) is 76.7 cm³/mol. The Balaban J connectivity index is 2.95. The molecule has 1 aliphatic carbocycles. The number of Topliss-reactive ketones (excluding diaryl/α,β-unsaturated/α-hetero) is 1. The first-order chi connectivity index (χ1) is 8.42. The first-order valence-corrected chi connectivity index (χ1v) is 9.74. The van der Waals surface area contributed by atoms with E-state index in [0.717, 1.165) is 12.8 Å². The van der Waals surface area contributed by atoms with Crippen LogP contribution in [0, 0.1) is 5.41 Å². The Hall–Kier alpha value is -0.683. The van der Waals surface area contributed by atoms with Crippen molar-refractivity contribution < 1.29 is 19.1 Å². The largest absolute Gasteiger partial charge is 0.481 e. The third-order valence-corrected chi connectivity index (χ3v) is 9.20. The van der Waals surface area contributed by atoms with Gasteiger partial charge in [0.1, 0.15) is 5.78 Å². The number of carboxylic acids is 1. The molecule has 0 aromatic heterocycles. The summed E-state index contributed by atoms with van der Waals surface area (Å²) in [6, 6.07) is 0. The van der Waals surface area contributed by atoms with Gasteiger partial charge in [-0.15, -0.1) is 0 Å². The maximum Gasteiger partial charge on any atom is 0.305 e. The zero-order valence-corrected chi connectivity index (χ0v) is 13.9. The average molecular weight is 286 g/mol. The van der Waals surface area contributed by atoms with Gasteiger partial charge in [0.2, 0.25) is 0 Å². The highest BCUT2D eigenvalue weighted by Crippen LogP contribution is 2.53. The summed E-state index contributed by atoms with van der Waals surface area (Å²) >= 11 is 0. The van der Waals surface area contributed by atoms with Gasteiger partial charge < -0.3 is 9.53 Å². The second kappa shape index (κ2) is 5.02. The van der Waals surface area contributed by atoms with E-state index in [0.29, 0.717) is 0 Å². The lowest BCUT2D eigenvalue weighted by Gasteiger charge is -2.41. The van der Waals surface area contributed by atoms with Crippen LogP contribution in [-0.4, -0.2) is 31.3 Å². The summed E-state index contributed by atoms with van der Waals surface area (Å²) in [4.78, 5) is 22.9. The van der Waals surface area contributed by atoms with E-state index in [9.17, 15) is 9.59 Å². The smallest absolute Gasteiger partial charge is 0.305 e. The van der Waals surface area contributed by atoms with Crippen LogP contribution in [0.1, 0.15) is 47.0 Å². The molecular formula is C14H26O4Si. The number of hydrogen-bond donors (Lipinski definition) is 1. The molecule has 110 valence electrons. The van der Waals surface area contributed by atoms with Crippen molar-refractivity contribution in [2.75, 3.05) is 0 Å². The molecule has 1 rings (SSSR count). The first-order valence-electron chi connectivity index (χ1n) is 6.83. The van der Waals surface area contributed by atoms with Gasteiger partial charge in [0.15, 0.2) is 8.32 Å². The summed E-state index contributed by atoms with van der Waals surface area (Å²) < 4.78 is 6.24. The molecule has 1 aliphatic rings. The van der Waals surface area contributed by atoms with Gasteiger partial charge in [-0.1, -0.05) is 20.8 Å². The third-order valence-electron chi connectivity index (χ3n) is 4.71. The van der Waals surface area contributed by atoms with Crippen LogP contribution in [0.15, 0.2) is 0 Å². The molecule has 0 spiro atoms. The van der Waals surface area contributed by atoms with E-state index < -0.39 is 25.8 Å². The van der Waals surface area contributed by atoms with E-state index in [1.165, 1.54) is 0 Å². The van der Waals surface area contributed by atoms with Crippen LogP contribution in [0.2, 0.25) is 18.1 Å². The monoisotopic (exact) mass is 286 g/mol. The molecule has 0 radical (unpaired) electrons. The molecule has 0 aromatic rings. The lowest BCUT2D eigenvalue weighted by molar-refractivity contribution is -0.141. The predicted octanol–water partition coefficient (Wildman–Crippen LogP) is 3.22. The number of carboxylic acid groups (broad SMARTS) is 1. The zero-order chi connectivity index (χ0) is 15.1. The average Bonchev–Trinajstić information content (AvgIpc) is 2.93. The highest BCUT2D eigenvalue weighted by atomic mass is 28.4. The fourth-order valence-corrected chi connectivity index (χ4v) is 3.45. The van der Waals surface area contributed by atoms with Gasteiger partial charge in [0, 0.05) is 0 Å². The summed E-state index contributed by atoms with van der Waals surface area (Å²) in [6.07, 6.45) is 0.971. The Bertz CT molecular complexity index is 377. The van der Waals surface area contributed by atoms with Crippen molar-refractivity contribution in [3.8, 4) is 0 Å². The topological polar surface area (TPSA) is 63.6 Å². The van der Waals surface area contributed by atoms with Crippen LogP contribution in [0.3, 0.4) is 0 Å². The van der Waals surface area contributed by atoms with Gasteiger partial charge in [-0.25, -0.2) is 0 Å². The lowest BCUT2D eigenvalue weighted by Crippen LogP contribution is -2.48. The molecular weight excluding hydrogens is 260 g/mol. The molecule has 0 aliphatic heterocycles. The molecule has 1 fully saturated rings. The minimum Gasteiger partial charge on any atom is -0.481 e. The fraction of sp³-hybridized carbons (Fsp3) is 0.857. The maximum absolute atomic E-state index is 11.8. The van der Waals surface area contributed by atoms with Crippen LogP contribution < -0.4 is 0 Å². The van der Waals surface area contributed by atoms with E-state index in [-0.39, 0.29) is 17.2 Å². The lowest BCUT2D eigenvalue weighted by atomic mass is 9.92. The maximum atomic E-state index is 11.8.